The Morgan fingerprint density at radius 1 is 1.00 bits per heavy atom. The summed E-state index contributed by atoms with van der Waals surface area (Å²) in [7, 11) is 3.81. The molecular weight excluding hydrogens is 464 g/mol. The van der Waals surface area contributed by atoms with Crippen LogP contribution in [0.25, 0.3) is 11.1 Å². The molecule has 2 aliphatic heterocycles. The molecule has 3 aromatic rings. The normalized spacial score (nSPS) is 17.8. The fourth-order valence-electron chi connectivity index (χ4n) is 4.82. The van der Waals surface area contributed by atoms with Crippen molar-refractivity contribution >= 4 is 23.2 Å². The van der Waals surface area contributed by atoms with Crippen LogP contribution in [-0.4, -0.2) is 69.7 Å². The highest BCUT2D eigenvalue weighted by atomic mass is 16.5. The Morgan fingerprint density at radius 3 is 2.38 bits per heavy atom. The summed E-state index contributed by atoms with van der Waals surface area (Å²) < 4.78 is 11.4. The molecule has 1 amide bonds. The van der Waals surface area contributed by atoms with Gasteiger partial charge in [0, 0.05) is 43.0 Å². The van der Waals surface area contributed by atoms with Crippen LogP contribution in [0.5, 0.6) is 5.75 Å². The zero-order valence-corrected chi connectivity index (χ0v) is 22.0. The van der Waals surface area contributed by atoms with E-state index in [1.165, 1.54) is 0 Å². The van der Waals surface area contributed by atoms with Crippen molar-refractivity contribution in [3.63, 3.8) is 0 Å². The lowest BCUT2D eigenvalue weighted by Crippen LogP contribution is -2.44. The van der Waals surface area contributed by atoms with Crippen LogP contribution in [0.4, 0.5) is 11.4 Å². The van der Waals surface area contributed by atoms with Crippen LogP contribution in [0.1, 0.15) is 28.4 Å². The van der Waals surface area contributed by atoms with E-state index in [2.05, 4.69) is 46.2 Å². The Kier molecular flexibility index (Phi) is 7.15. The van der Waals surface area contributed by atoms with Crippen molar-refractivity contribution in [2.24, 2.45) is 4.99 Å². The zero-order chi connectivity index (χ0) is 25.9. The molecule has 37 heavy (non-hydrogen) atoms. The molecule has 0 spiro atoms. The molecule has 0 radical (unpaired) electrons. The molecule has 0 saturated carbocycles. The lowest BCUT2D eigenvalue weighted by atomic mass is 9.97. The maximum atomic E-state index is 13.0. The number of rotatable bonds is 6. The molecule has 1 fully saturated rings. The minimum Gasteiger partial charge on any atom is -0.495 e. The maximum Gasteiger partial charge on any atom is 0.255 e. The van der Waals surface area contributed by atoms with E-state index >= 15 is 0 Å². The second kappa shape index (κ2) is 10.6. The molecule has 3 aromatic carbocycles. The van der Waals surface area contributed by atoms with Gasteiger partial charge < -0.3 is 24.6 Å². The van der Waals surface area contributed by atoms with Crippen molar-refractivity contribution in [3.05, 3.63) is 77.4 Å². The predicted octanol–water partition coefficient (Wildman–Crippen LogP) is 4.84. The van der Waals surface area contributed by atoms with E-state index in [0.29, 0.717) is 18.0 Å². The van der Waals surface area contributed by atoms with E-state index in [1.54, 1.807) is 7.11 Å². The quantitative estimate of drug-likeness (QED) is 0.527. The van der Waals surface area contributed by atoms with Crippen molar-refractivity contribution in [3.8, 4) is 16.9 Å². The number of piperazine rings is 1. The van der Waals surface area contributed by atoms with Crippen LogP contribution in [0.2, 0.25) is 0 Å². The number of carbonyl (C=O) groups excluding carboxylic acids is 1. The highest BCUT2D eigenvalue weighted by Crippen LogP contribution is 2.32. The largest absolute Gasteiger partial charge is 0.495 e. The summed E-state index contributed by atoms with van der Waals surface area (Å²) in [6.45, 7) is 8.65. The molecule has 192 valence electrons. The zero-order valence-electron chi connectivity index (χ0n) is 22.0. The molecule has 1 atom stereocenters. The number of hydrogen-bond donors (Lipinski definition) is 1. The SMILES string of the molecule is COc1ccc(NC(=O)c2ccc(-c3ccc(C4=NC[C@H](C)O4)cc3C)cc2)cc1N1CCN(C)CC1. The number of methoxy groups -OCH3 is 1. The van der Waals surface area contributed by atoms with Crippen LogP contribution in [0.3, 0.4) is 0 Å². The number of hydrogen-bond acceptors (Lipinski definition) is 6. The summed E-state index contributed by atoms with van der Waals surface area (Å²) in [4.78, 5) is 22.1. The molecule has 0 bridgehead atoms. The first kappa shape index (κ1) is 24.8. The summed E-state index contributed by atoms with van der Waals surface area (Å²) in [6.07, 6.45) is 0.130. The second-order valence-electron chi connectivity index (χ2n) is 9.81. The number of anilines is 2. The number of aryl methyl sites for hydroxylation is 1. The molecule has 5 rings (SSSR count). The smallest absolute Gasteiger partial charge is 0.255 e. The van der Waals surface area contributed by atoms with Gasteiger partial charge in [0.25, 0.3) is 5.91 Å². The van der Waals surface area contributed by atoms with Crippen molar-refractivity contribution in [2.75, 3.05) is 57.1 Å². The Labute approximate surface area is 218 Å². The molecule has 0 unspecified atom stereocenters. The third-order valence-corrected chi connectivity index (χ3v) is 7.02. The lowest BCUT2D eigenvalue weighted by molar-refractivity contribution is 0.102. The van der Waals surface area contributed by atoms with E-state index in [4.69, 9.17) is 9.47 Å². The average molecular weight is 499 g/mol. The van der Waals surface area contributed by atoms with Crippen molar-refractivity contribution in [1.29, 1.82) is 0 Å². The third kappa shape index (κ3) is 5.47. The van der Waals surface area contributed by atoms with E-state index in [9.17, 15) is 4.79 Å². The predicted molar refractivity (Wildman–Crippen MR) is 149 cm³/mol. The first-order chi connectivity index (χ1) is 17.9. The summed E-state index contributed by atoms with van der Waals surface area (Å²) in [6, 6.07) is 19.8. The molecule has 0 aromatic heterocycles. The number of ether oxygens (including phenoxy) is 2. The van der Waals surface area contributed by atoms with Gasteiger partial charge >= 0.3 is 0 Å². The molecule has 1 N–H and O–H groups in total. The third-order valence-electron chi connectivity index (χ3n) is 7.02. The van der Waals surface area contributed by atoms with Crippen molar-refractivity contribution < 1.29 is 14.3 Å². The average Bonchev–Trinajstić information content (AvgIpc) is 3.35. The summed E-state index contributed by atoms with van der Waals surface area (Å²) in [5, 5.41) is 3.05. The molecule has 7 heteroatoms. The fraction of sp³-hybridized carbons (Fsp3) is 0.333. The Bertz CT molecular complexity index is 1310. The van der Waals surface area contributed by atoms with Crippen LogP contribution in [0, 0.1) is 6.92 Å². The van der Waals surface area contributed by atoms with Gasteiger partial charge in [-0.15, -0.1) is 0 Å². The van der Waals surface area contributed by atoms with E-state index in [0.717, 1.165) is 65.6 Å². The molecule has 7 nitrogen and oxygen atoms in total. The number of likely N-dealkylation sites (N-methyl/N-ethyl adjacent to an activating group) is 1. The van der Waals surface area contributed by atoms with Crippen LogP contribution < -0.4 is 15.0 Å². The molecule has 2 aliphatic rings. The monoisotopic (exact) mass is 498 g/mol. The minimum absolute atomic E-state index is 0.130. The number of nitrogens with one attached hydrogen (secondary N) is 1. The molecular formula is C30H34N4O3. The topological polar surface area (TPSA) is 66.4 Å². The van der Waals surface area contributed by atoms with Gasteiger partial charge in [-0.3, -0.25) is 4.79 Å². The maximum absolute atomic E-state index is 13.0. The summed E-state index contributed by atoms with van der Waals surface area (Å²) in [5.41, 5.74) is 6.68. The molecule has 0 aliphatic carbocycles. The van der Waals surface area contributed by atoms with Crippen molar-refractivity contribution in [1.82, 2.24) is 4.90 Å². The van der Waals surface area contributed by atoms with Gasteiger partial charge in [0.2, 0.25) is 5.90 Å². The van der Waals surface area contributed by atoms with Crippen LogP contribution in [-0.2, 0) is 4.74 Å². The van der Waals surface area contributed by atoms with Gasteiger partial charge in [-0.25, -0.2) is 4.99 Å². The number of aliphatic imine (C=N–C) groups is 1. The van der Waals surface area contributed by atoms with Crippen LogP contribution in [0.15, 0.2) is 65.7 Å². The standard InChI is InChI=1S/C30H34N4O3/c1-20-17-24(30-31-19-21(2)37-30)9-11-26(20)22-5-7-23(8-6-22)29(35)32-25-10-12-28(36-4)27(18-25)34-15-13-33(3)14-16-34/h5-12,17-18,21H,13-16,19H2,1-4H3,(H,32,35)/t21-/m0/s1. The van der Waals surface area contributed by atoms with Crippen LogP contribution >= 0.6 is 0 Å². The Balaban J connectivity index is 1.29. The van der Waals surface area contributed by atoms with Gasteiger partial charge in [0.1, 0.15) is 11.9 Å². The Morgan fingerprint density at radius 2 is 1.73 bits per heavy atom. The first-order valence-electron chi connectivity index (χ1n) is 12.8. The Hall–Kier alpha value is -3.84. The number of amides is 1. The molecule has 1 saturated heterocycles. The summed E-state index contributed by atoms with van der Waals surface area (Å²) >= 11 is 0. The van der Waals surface area contributed by atoms with E-state index in [1.807, 2.05) is 55.5 Å². The highest BCUT2D eigenvalue weighted by Gasteiger charge is 2.20. The fourth-order valence-corrected chi connectivity index (χ4v) is 4.82. The number of nitrogens with zero attached hydrogens (tertiary/aromatic N) is 3. The first-order valence-corrected chi connectivity index (χ1v) is 12.8. The number of carbonyl (C=O) groups is 1. The lowest BCUT2D eigenvalue weighted by Gasteiger charge is -2.34. The van der Waals surface area contributed by atoms with E-state index < -0.39 is 0 Å². The second-order valence-corrected chi connectivity index (χ2v) is 9.81. The van der Waals surface area contributed by atoms with Gasteiger partial charge in [-0.05, 0) is 80.1 Å². The van der Waals surface area contributed by atoms with Gasteiger partial charge in [0.05, 0.1) is 19.3 Å². The van der Waals surface area contributed by atoms with Gasteiger partial charge in [0.15, 0.2) is 0 Å². The van der Waals surface area contributed by atoms with Crippen molar-refractivity contribution in [2.45, 2.75) is 20.0 Å². The number of benzene rings is 3. The minimum atomic E-state index is -0.140. The van der Waals surface area contributed by atoms with Gasteiger partial charge in [-0.1, -0.05) is 18.2 Å². The summed E-state index contributed by atoms with van der Waals surface area (Å²) in [5.74, 6) is 1.39. The van der Waals surface area contributed by atoms with E-state index in [-0.39, 0.29) is 12.0 Å². The highest BCUT2D eigenvalue weighted by molar-refractivity contribution is 6.05. The molecule has 2 heterocycles. The van der Waals surface area contributed by atoms with Gasteiger partial charge in [-0.2, -0.15) is 0 Å².